The molecule has 0 aliphatic carbocycles. The van der Waals surface area contributed by atoms with Gasteiger partial charge in [-0.2, -0.15) is 5.10 Å². The van der Waals surface area contributed by atoms with Crippen LogP contribution in [0.25, 0.3) is 0 Å². The molecule has 2 aromatic rings. The fraction of sp³-hybridized carbons (Fsp3) is 0.231. The van der Waals surface area contributed by atoms with Crippen molar-refractivity contribution in [3.8, 4) is 0 Å². The van der Waals surface area contributed by atoms with Crippen LogP contribution in [0.5, 0.6) is 0 Å². The summed E-state index contributed by atoms with van der Waals surface area (Å²) in [6.45, 7) is 3.63. The molecular formula is C13H12BrCl2N3O. The van der Waals surface area contributed by atoms with E-state index in [0.29, 0.717) is 15.7 Å². The number of aromatic nitrogens is 2. The molecule has 1 N–H and O–H groups in total. The molecule has 1 aromatic carbocycles. The van der Waals surface area contributed by atoms with E-state index in [1.807, 2.05) is 6.92 Å². The van der Waals surface area contributed by atoms with Crippen LogP contribution in [0.4, 0.5) is 5.69 Å². The number of hydrogen-bond donors (Lipinski definition) is 1. The summed E-state index contributed by atoms with van der Waals surface area (Å²) in [5.41, 5.74) is 1.29. The first-order valence-corrected chi connectivity index (χ1v) is 7.41. The number of nitrogens with one attached hydrogen (secondary N) is 1. The lowest BCUT2D eigenvalue weighted by molar-refractivity contribution is -0.119. The molecule has 0 radical (unpaired) electrons. The molecule has 1 aromatic heterocycles. The molecule has 106 valence electrons. The van der Waals surface area contributed by atoms with E-state index in [0.717, 1.165) is 10.2 Å². The third-order valence-electron chi connectivity index (χ3n) is 2.94. The Morgan fingerprint density at radius 3 is 2.50 bits per heavy atom. The van der Waals surface area contributed by atoms with Gasteiger partial charge in [-0.05, 0) is 41.9 Å². The highest BCUT2D eigenvalue weighted by atomic mass is 79.9. The summed E-state index contributed by atoms with van der Waals surface area (Å²) in [4.78, 5) is 12.3. The summed E-state index contributed by atoms with van der Waals surface area (Å²) >= 11 is 15.4. The predicted octanol–water partition coefficient (Wildman–Crippen LogP) is 4.46. The first-order valence-electron chi connectivity index (χ1n) is 5.86. The van der Waals surface area contributed by atoms with E-state index in [1.54, 1.807) is 36.0 Å². The van der Waals surface area contributed by atoms with Crippen LogP contribution in [0.15, 0.2) is 28.9 Å². The normalized spacial score (nSPS) is 12.2. The molecule has 20 heavy (non-hydrogen) atoms. The van der Waals surface area contributed by atoms with Gasteiger partial charge in [0.2, 0.25) is 5.91 Å². The van der Waals surface area contributed by atoms with E-state index in [2.05, 4.69) is 26.3 Å². The number of carbonyl (C=O) groups is 1. The van der Waals surface area contributed by atoms with E-state index in [1.165, 1.54) is 0 Å². The Kier molecular flexibility index (Phi) is 4.73. The number of amides is 1. The summed E-state index contributed by atoms with van der Waals surface area (Å²) in [7, 11) is 0. The fourth-order valence-corrected chi connectivity index (χ4v) is 2.51. The molecule has 0 saturated heterocycles. The number of halogens is 3. The molecule has 1 heterocycles. The van der Waals surface area contributed by atoms with Gasteiger partial charge < -0.3 is 5.32 Å². The van der Waals surface area contributed by atoms with Gasteiger partial charge in [0.05, 0.1) is 32.1 Å². The lowest BCUT2D eigenvalue weighted by Gasteiger charge is -2.16. The Balaban J connectivity index is 2.22. The van der Waals surface area contributed by atoms with Gasteiger partial charge in [0, 0.05) is 0 Å². The molecular weight excluding hydrogens is 365 g/mol. The van der Waals surface area contributed by atoms with Gasteiger partial charge in [-0.15, -0.1) is 0 Å². The molecule has 4 nitrogen and oxygen atoms in total. The van der Waals surface area contributed by atoms with E-state index >= 15 is 0 Å². The van der Waals surface area contributed by atoms with Crippen LogP contribution >= 0.6 is 39.1 Å². The van der Waals surface area contributed by atoms with Crippen molar-refractivity contribution in [2.75, 3.05) is 5.32 Å². The van der Waals surface area contributed by atoms with Crippen LogP contribution in [0, 0.1) is 6.92 Å². The van der Waals surface area contributed by atoms with Crippen molar-refractivity contribution in [2.45, 2.75) is 19.9 Å². The van der Waals surface area contributed by atoms with Gasteiger partial charge in [-0.25, -0.2) is 0 Å². The number of benzene rings is 1. The quantitative estimate of drug-likeness (QED) is 0.859. The molecule has 0 aliphatic rings. The highest BCUT2D eigenvalue weighted by Crippen LogP contribution is 2.30. The second-order valence-electron chi connectivity index (χ2n) is 4.28. The van der Waals surface area contributed by atoms with Gasteiger partial charge in [0.1, 0.15) is 6.04 Å². The lowest BCUT2D eigenvalue weighted by atomic mass is 10.2. The van der Waals surface area contributed by atoms with Crippen LogP contribution in [0.2, 0.25) is 10.0 Å². The topological polar surface area (TPSA) is 46.9 Å². The third kappa shape index (κ3) is 3.00. The summed E-state index contributed by atoms with van der Waals surface area (Å²) in [5, 5.41) is 7.70. The summed E-state index contributed by atoms with van der Waals surface area (Å²) in [6.07, 6.45) is 1.65. The molecule has 1 atom stereocenters. The summed E-state index contributed by atoms with van der Waals surface area (Å²) in [5.74, 6) is -0.237. The lowest BCUT2D eigenvalue weighted by Crippen LogP contribution is -2.25. The highest BCUT2D eigenvalue weighted by Gasteiger charge is 2.20. The third-order valence-corrected chi connectivity index (χ3v) is 4.35. The van der Waals surface area contributed by atoms with Crippen molar-refractivity contribution in [3.05, 3.63) is 44.6 Å². The zero-order chi connectivity index (χ0) is 14.9. The van der Waals surface area contributed by atoms with E-state index in [-0.39, 0.29) is 5.91 Å². The standard InChI is InChI=1S/C13H12BrCl2N3O/c1-7-9(14)6-17-19(7)8(2)13(20)18-12-10(15)4-3-5-11(12)16/h3-6,8H,1-2H3,(H,18,20). The Labute approximate surface area is 135 Å². The van der Waals surface area contributed by atoms with Crippen molar-refractivity contribution >= 4 is 50.7 Å². The average molecular weight is 377 g/mol. The number of hydrogen-bond acceptors (Lipinski definition) is 2. The second-order valence-corrected chi connectivity index (χ2v) is 5.95. The molecule has 0 bridgehead atoms. The first-order chi connectivity index (χ1) is 9.41. The zero-order valence-electron chi connectivity index (χ0n) is 10.8. The Morgan fingerprint density at radius 1 is 1.40 bits per heavy atom. The summed E-state index contributed by atoms with van der Waals surface area (Å²) < 4.78 is 2.48. The Hall–Kier alpha value is -1.04. The van der Waals surface area contributed by atoms with Crippen LogP contribution in [-0.4, -0.2) is 15.7 Å². The minimum absolute atomic E-state index is 0.237. The monoisotopic (exact) mass is 375 g/mol. The first kappa shape index (κ1) is 15.4. The average Bonchev–Trinajstić information content (AvgIpc) is 2.73. The van der Waals surface area contributed by atoms with Crippen LogP contribution in [-0.2, 0) is 4.79 Å². The van der Waals surface area contributed by atoms with Gasteiger partial charge >= 0.3 is 0 Å². The number of anilines is 1. The van der Waals surface area contributed by atoms with Crippen LogP contribution < -0.4 is 5.32 Å². The fourth-order valence-electron chi connectivity index (χ4n) is 1.75. The van der Waals surface area contributed by atoms with Crippen LogP contribution in [0.3, 0.4) is 0 Å². The van der Waals surface area contributed by atoms with Crippen molar-refractivity contribution in [3.63, 3.8) is 0 Å². The number of nitrogens with zero attached hydrogens (tertiary/aromatic N) is 2. The number of carbonyl (C=O) groups excluding carboxylic acids is 1. The Morgan fingerprint density at radius 2 is 2.00 bits per heavy atom. The maximum absolute atomic E-state index is 12.3. The molecule has 0 fully saturated rings. The van der Waals surface area contributed by atoms with E-state index in [9.17, 15) is 4.79 Å². The number of rotatable bonds is 3. The highest BCUT2D eigenvalue weighted by molar-refractivity contribution is 9.10. The zero-order valence-corrected chi connectivity index (χ0v) is 13.9. The maximum atomic E-state index is 12.3. The molecule has 1 amide bonds. The minimum atomic E-state index is -0.478. The smallest absolute Gasteiger partial charge is 0.249 e. The molecule has 1 unspecified atom stereocenters. The maximum Gasteiger partial charge on any atom is 0.249 e. The largest absolute Gasteiger partial charge is 0.322 e. The summed E-state index contributed by atoms with van der Waals surface area (Å²) in [6, 6.07) is 4.58. The SMILES string of the molecule is Cc1c(Br)cnn1C(C)C(=O)Nc1c(Cl)cccc1Cl. The minimum Gasteiger partial charge on any atom is -0.322 e. The van der Waals surface area contributed by atoms with Crippen molar-refractivity contribution in [2.24, 2.45) is 0 Å². The van der Waals surface area contributed by atoms with Crippen molar-refractivity contribution in [1.29, 1.82) is 0 Å². The second kappa shape index (κ2) is 6.16. The van der Waals surface area contributed by atoms with Gasteiger partial charge in [-0.3, -0.25) is 9.48 Å². The van der Waals surface area contributed by atoms with Crippen LogP contribution in [0.1, 0.15) is 18.7 Å². The van der Waals surface area contributed by atoms with Gasteiger partial charge in [0.25, 0.3) is 0 Å². The molecule has 0 saturated carbocycles. The van der Waals surface area contributed by atoms with Gasteiger partial charge in [-0.1, -0.05) is 29.3 Å². The van der Waals surface area contributed by atoms with Gasteiger partial charge in [0.15, 0.2) is 0 Å². The van der Waals surface area contributed by atoms with E-state index < -0.39 is 6.04 Å². The molecule has 2 rings (SSSR count). The molecule has 7 heteroatoms. The van der Waals surface area contributed by atoms with Crippen molar-refractivity contribution < 1.29 is 4.79 Å². The molecule has 0 spiro atoms. The predicted molar refractivity (Wildman–Crippen MR) is 84.5 cm³/mol. The van der Waals surface area contributed by atoms with Crippen molar-refractivity contribution in [1.82, 2.24) is 9.78 Å². The Bertz CT molecular complexity index is 637. The molecule has 0 aliphatic heterocycles. The van der Waals surface area contributed by atoms with E-state index in [4.69, 9.17) is 23.2 Å². The number of para-hydroxylation sites is 1.